The van der Waals surface area contributed by atoms with Crippen molar-refractivity contribution >= 4 is 23.9 Å². The van der Waals surface area contributed by atoms with Crippen LogP contribution in [0.5, 0.6) is 0 Å². The summed E-state index contributed by atoms with van der Waals surface area (Å²) in [6.45, 7) is 0.701. The highest BCUT2D eigenvalue weighted by atomic mass is 16.5. The molecule has 0 heterocycles. The molecule has 0 saturated heterocycles. The number of alkyl carbamates (subject to hydrolysis) is 1. The average Bonchev–Trinajstić information content (AvgIpc) is 2.84. The molecule has 0 spiro atoms. The van der Waals surface area contributed by atoms with E-state index >= 15 is 0 Å². The minimum absolute atomic E-state index is 0.0763. The van der Waals surface area contributed by atoms with E-state index in [0.717, 1.165) is 11.1 Å². The van der Waals surface area contributed by atoms with Gasteiger partial charge in [-0.15, -0.1) is 0 Å². The minimum Gasteiger partial charge on any atom is -0.461 e. The Labute approximate surface area is 199 Å². The van der Waals surface area contributed by atoms with Crippen LogP contribution in [0, 0.1) is 0 Å². The number of hydrogen-bond acceptors (Lipinski definition) is 6. The van der Waals surface area contributed by atoms with E-state index < -0.39 is 24.0 Å². The summed E-state index contributed by atoms with van der Waals surface area (Å²) in [5.74, 6) is -1.81. The van der Waals surface area contributed by atoms with Crippen molar-refractivity contribution in [1.82, 2.24) is 10.6 Å². The number of rotatable bonds is 14. The largest absolute Gasteiger partial charge is 0.461 e. The van der Waals surface area contributed by atoms with E-state index in [0.29, 0.717) is 25.8 Å². The van der Waals surface area contributed by atoms with Crippen LogP contribution in [0.4, 0.5) is 4.79 Å². The van der Waals surface area contributed by atoms with Crippen molar-refractivity contribution in [3.63, 3.8) is 0 Å². The second kappa shape index (κ2) is 15.0. The maximum absolute atomic E-state index is 12.1. The van der Waals surface area contributed by atoms with Crippen molar-refractivity contribution < 1.29 is 28.7 Å². The predicted molar refractivity (Wildman–Crippen MR) is 125 cm³/mol. The van der Waals surface area contributed by atoms with E-state index in [2.05, 4.69) is 10.6 Å². The van der Waals surface area contributed by atoms with Gasteiger partial charge >= 0.3 is 12.1 Å². The molecule has 9 heteroatoms. The van der Waals surface area contributed by atoms with E-state index in [-0.39, 0.29) is 32.0 Å². The van der Waals surface area contributed by atoms with Crippen molar-refractivity contribution in [2.75, 3.05) is 6.54 Å². The summed E-state index contributed by atoms with van der Waals surface area (Å²) in [4.78, 5) is 47.4. The van der Waals surface area contributed by atoms with Crippen LogP contribution in [-0.4, -0.2) is 36.5 Å². The first kappa shape index (κ1) is 26.4. The topological polar surface area (TPSA) is 137 Å². The van der Waals surface area contributed by atoms with E-state index in [1.165, 1.54) is 0 Å². The summed E-state index contributed by atoms with van der Waals surface area (Å²) in [6.07, 6.45) is 1.25. The third-order valence-electron chi connectivity index (χ3n) is 4.85. The van der Waals surface area contributed by atoms with Crippen molar-refractivity contribution in [2.24, 2.45) is 5.73 Å². The molecule has 0 aliphatic rings. The zero-order valence-corrected chi connectivity index (χ0v) is 19.0. The van der Waals surface area contributed by atoms with Crippen LogP contribution >= 0.6 is 0 Å². The highest BCUT2D eigenvalue weighted by molar-refractivity contribution is 5.89. The standard InChI is InChI=1S/C25H31N3O6/c26-24(31)21(16-23(30)33-17-19-10-4-1-5-11-19)28-22(29)14-8-3-9-15-27-25(32)34-18-20-12-6-2-7-13-20/h1-2,4-7,10-13,21H,3,8-9,14-18H2,(H2,26,31)(H,27,32)(H,28,29)/t21-/m1/s1. The Kier molecular flexibility index (Phi) is 11.7. The molecular weight excluding hydrogens is 438 g/mol. The van der Waals surface area contributed by atoms with Crippen LogP contribution in [0.25, 0.3) is 0 Å². The molecule has 3 amide bonds. The number of carbonyl (C=O) groups is 4. The zero-order valence-electron chi connectivity index (χ0n) is 19.0. The summed E-state index contributed by atoms with van der Waals surface area (Å²) in [6, 6.07) is 17.4. The van der Waals surface area contributed by atoms with Gasteiger partial charge in [-0.05, 0) is 24.0 Å². The van der Waals surface area contributed by atoms with Crippen LogP contribution in [0.2, 0.25) is 0 Å². The number of ether oxygens (including phenoxy) is 2. The third-order valence-corrected chi connectivity index (χ3v) is 4.85. The molecule has 0 aromatic heterocycles. The Morgan fingerprint density at radius 2 is 1.38 bits per heavy atom. The molecule has 4 N–H and O–H groups in total. The van der Waals surface area contributed by atoms with Gasteiger partial charge in [-0.3, -0.25) is 14.4 Å². The van der Waals surface area contributed by atoms with Gasteiger partial charge in [0.25, 0.3) is 0 Å². The van der Waals surface area contributed by atoms with Gasteiger partial charge in [-0.1, -0.05) is 67.1 Å². The number of nitrogens with two attached hydrogens (primary N) is 1. The molecule has 0 saturated carbocycles. The molecule has 0 aliphatic carbocycles. The first-order chi connectivity index (χ1) is 16.4. The highest BCUT2D eigenvalue weighted by Gasteiger charge is 2.22. The maximum atomic E-state index is 12.1. The quantitative estimate of drug-likeness (QED) is 0.287. The summed E-state index contributed by atoms with van der Waals surface area (Å²) in [5, 5.41) is 5.14. The first-order valence-electron chi connectivity index (χ1n) is 11.2. The Bertz CT molecular complexity index is 921. The summed E-state index contributed by atoms with van der Waals surface area (Å²) < 4.78 is 10.3. The van der Waals surface area contributed by atoms with E-state index in [4.69, 9.17) is 15.2 Å². The van der Waals surface area contributed by atoms with Gasteiger partial charge in [-0.25, -0.2) is 4.79 Å². The Balaban J connectivity index is 1.56. The number of nitrogens with one attached hydrogen (secondary N) is 2. The fourth-order valence-electron chi connectivity index (χ4n) is 3.00. The second-order valence-corrected chi connectivity index (χ2v) is 7.67. The Morgan fingerprint density at radius 1 is 0.794 bits per heavy atom. The number of esters is 1. The van der Waals surface area contributed by atoms with Crippen LogP contribution in [0.3, 0.4) is 0 Å². The van der Waals surface area contributed by atoms with E-state index in [9.17, 15) is 19.2 Å². The van der Waals surface area contributed by atoms with Crippen LogP contribution in [-0.2, 0) is 37.1 Å². The number of primary amides is 1. The molecule has 0 radical (unpaired) electrons. The van der Waals surface area contributed by atoms with Gasteiger partial charge in [0, 0.05) is 13.0 Å². The molecule has 0 aliphatic heterocycles. The molecule has 182 valence electrons. The lowest BCUT2D eigenvalue weighted by molar-refractivity contribution is -0.147. The Morgan fingerprint density at radius 3 is 1.97 bits per heavy atom. The van der Waals surface area contributed by atoms with Crippen LogP contribution < -0.4 is 16.4 Å². The van der Waals surface area contributed by atoms with E-state index in [1.54, 1.807) is 0 Å². The number of benzene rings is 2. The first-order valence-corrected chi connectivity index (χ1v) is 11.2. The van der Waals surface area contributed by atoms with Gasteiger partial charge in [0.15, 0.2) is 0 Å². The minimum atomic E-state index is -1.13. The van der Waals surface area contributed by atoms with Crippen molar-refractivity contribution in [3.05, 3.63) is 71.8 Å². The predicted octanol–water partition coefficient (Wildman–Crippen LogP) is 2.58. The molecule has 2 aromatic carbocycles. The summed E-state index contributed by atoms with van der Waals surface area (Å²) in [7, 11) is 0. The van der Waals surface area contributed by atoms with Gasteiger partial charge in [0.2, 0.25) is 11.8 Å². The lowest BCUT2D eigenvalue weighted by Crippen LogP contribution is -2.45. The van der Waals surface area contributed by atoms with Crippen LogP contribution in [0.1, 0.15) is 43.2 Å². The molecule has 1 atom stereocenters. The monoisotopic (exact) mass is 469 g/mol. The van der Waals surface area contributed by atoms with Gasteiger partial charge in [0.05, 0.1) is 6.42 Å². The normalized spacial score (nSPS) is 11.2. The fourth-order valence-corrected chi connectivity index (χ4v) is 3.00. The molecule has 2 aromatic rings. The van der Waals surface area contributed by atoms with Crippen molar-refractivity contribution in [3.8, 4) is 0 Å². The van der Waals surface area contributed by atoms with E-state index in [1.807, 2.05) is 60.7 Å². The van der Waals surface area contributed by atoms with Crippen molar-refractivity contribution in [2.45, 2.75) is 51.4 Å². The van der Waals surface area contributed by atoms with Crippen LogP contribution in [0.15, 0.2) is 60.7 Å². The smallest absolute Gasteiger partial charge is 0.407 e. The number of carbonyl (C=O) groups excluding carboxylic acids is 4. The second-order valence-electron chi connectivity index (χ2n) is 7.67. The molecule has 0 fully saturated rings. The maximum Gasteiger partial charge on any atom is 0.407 e. The SMILES string of the molecule is NC(=O)[C@@H](CC(=O)OCc1ccccc1)NC(=O)CCCCCNC(=O)OCc1ccccc1. The van der Waals surface area contributed by atoms with Gasteiger partial charge in [-0.2, -0.15) is 0 Å². The average molecular weight is 470 g/mol. The number of amides is 3. The van der Waals surface area contributed by atoms with Gasteiger partial charge in [0.1, 0.15) is 19.3 Å². The number of unbranched alkanes of at least 4 members (excludes halogenated alkanes) is 2. The Hall–Kier alpha value is -3.88. The zero-order chi connectivity index (χ0) is 24.6. The molecular formula is C25H31N3O6. The molecule has 0 bridgehead atoms. The summed E-state index contributed by atoms with van der Waals surface area (Å²) in [5.41, 5.74) is 7.03. The lowest BCUT2D eigenvalue weighted by atomic mass is 10.1. The molecule has 0 unspecified atom stereocenters. The molecule has 2 rings (SSSR count). The fraction of sp³-hybridized carbons (Fsp3) is 0.360. The lowest BCUT2D eigenvalue weighted by Gasteiger charge is -2.15. The van der Waals surface area contributed by atoms with Gasteiger partial charge < -0.3 is 25.8 Å². The summed E-state index contributed by atoms with van der Waals surface area (Å²) >= 11 is 0. The highest BCUT2D eigenvalue weighted by Crippen LogP contribution is 2.05. The molecule has 34 heavy (non-hydrogen) atoms. The number of hydrogen-bond donors (Lipinski definition) is 3. The van der Waals surface area contributed by atoms with Crippen molar-refractivity contribution in [1.29, 1.82) is 0 Å². The molecule has 9 nitrogen and oxygen atoms in total. The third kappa shape index (κ3) is 11.1.